The Hall–Kier alpha value is -1.45. The Morgan fingerprint density at radius 3 is 2.88 bits per heavy atom. The molecule has 1 amide bonds. The lowest BCUT2D eigenvalue weighted by molar-refractivity contribution is -0.114. The summed E-state index contributed by atoms with van der Waals surface area (Å²) < 4.78 is 0.642. The summed E-state index contributed by atoms with van der Waals surface area (Å²) in [4.78, 5) is 15.0. The third kappa shape index (κ3) is 4.13. The molecule has 1 rings (SSSR count). The molecular formula is C11H11N3OS2. The Labute approximate surface area is 108 Å². The van der Waals surface area contributed by atoms with Gasteiger partial charge in [-0.2, -0.15) is 5.26 Å². The monoisotopic (exact) mass is 265 g/mol. The molecule has 0 aromatic carbocycles. The molecule has 0 bridgehead atoms. The molecular weight excluding hydrogens is 254 g/mol. The van der Waals surface area contributed by atoms with E-state index in [1.54, 1.807) is 12.4 Å². The summed E-state index contributed by atoms with van der Waals surface area (Å²) in [7, 11) is 0. The van der Waals surface area contributed by atoms with Crippen molar-refractivity contribution in [3.05, 3.63) is 39.9 Å². The van der Waals surface area contributed by atoms with E-state index in [0.29, 0.717) is 9.99 Å². The van der Waals surface area contributed by atoms with Crippen molar-refractivity contribution in [2.24, 2.45) is 5.73 Å². The van der Waals surface area contributed by atoms with Gasteiger partial charge < -0.3 is 5.73 Å². The highest BCUT2D eigenvalue weighted by Gasteiger charge is 2.12. The van der Waals surface area contributed by atoms with Gasteiger partial charge in [-0.05, 0) is 17.9 Å². The van der Waals surface area contributed by atoms with Crippen molar-refractivity contribution in [3.8, 4) is 6.07 Å². The molecule has 0 atom stereocenters. The average Bonchev–Trinajstić information content (AvgIpc) is 2.35. The number of thioether (sulfide) groups is 2. The number of hydrogen-bond acceptors (Lipinski definition) is 5. The minimum atomic E-state index is -0.685. The maximum atomic E-state index is 11.0. The number of pyridine rings is 1. The van der Waals surface area contributed by atoms with Crippen molar-refractivity contribution < 1.29 is 4.79 Å². The van der Waals surface area contributed by atoms with Crippen molar-refractivity contribution in [3.63, 3.8) is 0 Å². The Kier molecular flexibility index (Phi) is 5.60. The first kappa shape index (κ1) is 13.6. The number of nitriles is 1. The molecule has 0 saturated carbocycles. The van der Waals surface area contributed by atoms with E-state index < -0.39 is 5.91 Å². The van der Waals surface area contributed by atoms with Crippen LogP contribution in [0.4, 0.5) is 0 Å². The lowest BCUT2D eigenvalue weighted by atomic mass is 10.3. The average molecular weight is 265 g/mol. The highest BCUT2D eigenvalue weighted by atomic mass is 32.2. The number of rotatable bonds is 5. The topological polar surface area (TPSA) is 79.8 Å². The van der Waals surface area contributed by atoms with Gasteiger partial charge in [-0.25, -0.2) is 0 Å². The summed E-state index contributed by atoms with van der Waals surface area (Å²) in [6.45, 7) is 0. The van der Waals surface area contributed by atoms with Crippen LogP contribution in [0.25, 0.3) is 0 Å². The fourth-order valence-corrected chi connectivity index (χ4v) is 2.82. The van der Waals surface area contributed by atoms with Crippen LogP contribution in [-0.4, -0.2) is 17.1 Å². The largest absolute Gasteiger partial charge is 0.365 e. The zero-order chi connectivity index (χ0) is 12.7. The molecule has 1 heterocycles. The number of primary amides is 1. The maximum absolute atomic E-state index is 11.0. The zero-order valence-corrected chi connectivity index (χ0v) is 10.8. The number of hydrogen-bond donors (Lipinski definition) is 1. The molecule has 1 aromatic rings. The number of nitrogens with zero attached hydrogens (tertiary/aromatic N) is 2. The van der Waals surface area contributed by atoms with E-state index >= 15 is 0 Å². The molecule has 2 N–H and O–H groups in total. The summed E-state index contributed by atoms with van der Waals surface area (Å²) in [5.41, 5.74) is 6.19. The number of carbonyl (C=O) groups is 1. The van der Waals surface area contributed by atoms with E-state index in [0.717, 1.165) is 5.56 Å². The normalized spacial score (nSPS) is 11.5. The SMILES string of the molecule is CS/C(SCc1cccnc1)=C(\C#N)C(N)=O. The molecule has 0 aliphatic carbocycles. The highest BCUT2D eigenvalue weighted by molar-refractivity contribution is 8.21. The molecule has 0 unspecified atom stereocenters. The Balaban J connectivity index is 2.78. The number of carbonyl (C=O) groups excluding carboxylic acids is 1. The van der Waals surface area contributed by atoms with Crippen molar-refractivity contribution in [1.29, 1.82) is 5.26 Å². The van der Waals surface area contributed by atoms with Gasteiger partial charge in [0.25, 0.3) is 5.91 Å². The van der Waals surface area contributed by atoms with Crippen LogP contribution in [0.15, 0.2) is 34.3 Å². The second-order valence-electron chi connectivity index (χ2n) is 2.99. The molecule has 0 aliphatic rings. The van der Waals surface area contributed by atoms with Crippen LogP contribution >= 0.6 is 23.5 Å². The fraction of sp³-hybridized carbons (Fsp3) is 0.182. The quantitative estimate of drug-likeness (QED) is 0.649. The van der Waals surface area contributed by atoms with Gasteiger partial charge in [0.15, 0.2) is 0 Å². The second kappa shape index (κ2) is 6.99. The number of aromatic nitrogens is 1. The molecule has 0 radical (unpaired) electrons. The van der Waals surface area contributed by atoms with Crippen molar-refractivity contribution in [2.45, 2.75) is 5.75 Å². The molecule has 88 valence electrons. The summed E-state index contributed by atoms with van der Waals surface area (Å²) in [6.07, 6.45) is 5.26. The zero-order valence-electron chi connectivity index (χ0n) is 9.21. The smallest absolute Gasteiger partial charge is 0.261 e. The van der Waals surface area contributed by atoms with Gasteiger partial charge in [-0.3, -0.25) is 9.78 Å². The summed E-state index contributed by atoms with van der Waals surface area (Å²) in [5, 5.41) is 8.85. The van der Waals surface area contributed by atoms with Gasteiger partial charge in [0.1, 0.15) is 11.6 Å². The van der Waals surface area contributed by atoms with Crippen molar-refractivity contribution in [1.82, 2.24) is 4.98 Å². The predicted molar refractivity (Wildman–Crippen MR) is 70.9 cm³/mol. The standard InChI is InChI=1S/C11H11N3OS2/c1-16-11(9(5-12)10(13)15)17-7-8-3-2-4-14-6-8/h2-4,6H,7H2,1H3,(H2,13,15)/b11-9-. The van der Waals surface area contributed by atoms with Gasteiger partial charge in [0.05, 0.1) is 4.24 Å². The van der Waals surface area contributed by atoms with Gasteiger partial charge in [0.2, 0.25) is 0 Å². The van der Waals surface area contributed by atoms with Crippen LogP contribution in [0.1, 0.15) is 5.56 Å². The van der Waals surface area contributed by atoms with Gasteiger partial charge in [0, 0.05) is 18.1 Å². The van der Waals surface area contributed by atoms with Gasteiger partial charge in [-0.15, -0.1) is 23.5 Å². The molecule has 4 nitrogen and oxygen atoms in total. The van der Waals surface area contributed by atoms with E-state index in [1.165, 1.54) is 23.5 Å². The third-order valence-corrected chi connectivity index (χ3v) is 4.21. The van der Waals surface area contributed by atoms with E-state index in [4.69, 9.17) is 11.0 Å². The maximum Gasteiger partial charge on any atom is 0.261 e. The molecule has 0 fully saturated rings. The summed E-state index contributed by atoms with van der Waals surface area (Å²) in [5.74, 6) is -0.0295. The molecule has 1 aromatic heterocycles. The minimum Gasteiger partial charge on any atom is -0.365 e. The van der Waals surface area contributed by atoms with Gasteiger partial charge >= 0.3 is 0 Å². The van der Waals surface area contributed by atoms with Crippen LogP contribution in [0.2, 0.25) is 0 Å². The first-order valence-corrected chi connectivity index (χ1v) is 6.90. The van der Waals surface area contributed by atoms with Crippen LogP contribution in [-0.2, 0) is 10.5 Å². The Morgan fingerprint density at radius 2 is 2.41 bits per heavy atom. The van der Waals surface area contributed by atoms with Crippen molar-refractivity contribution >= 4 is 29.4 Å². The van der Waals surface area contributed by atoms with Crippen molar-refractivity contribution in [2.75, 3.05) is 6.26 Å². The van der Waals surface area contributed by atoms with Crippen LogP contribution < -0.4 is 5.73 Å². The highest BCUT2D eigenvalue weighted by Crippen LogP contribution is 2.31. The summed E-state index contributed by atoms with van der Waals surface area (Å²) >= 11 is 2.76. The summed E-state index contributed by atoms with van der Waals surface area (Å²) in [6, 6.07) is 5.62. The fourth-order valence-electron chi connectivity index (χ4n) is 1.07. The van der Waals surface area contributed by atoms with E-state index in [-0.39, 0.29) is 5.57 Å². The Morgan fingerprint density at radius 1 is 1.65 bits per heavy atom. The van der Waals surface area contributed by atoms with Gasteiger partial charge in [-0.1, -0.05) is 6.07 Å². The molecule has 17 heavy (non-hydrogen) atoms. The third-order valence-electron chi connectivity index (χ3n) is 1.84. The van der Waals surface area contributed by atoms with Crippen LogP contribution in [0, 0.1) is 11.3 Å². The second-order valence-corrected chi connectivity index (χ2v) is 5.05. The van der Waals surface area contributed by atoms with E-state index in [1.807, 2.05) is 24.5 Å². The molecule has 6 heteroatoms. The lowest BCUT2D eigenvalue weighted by Gasteiger charge is -2.05. The first-order valence-electron chi connectivity index (χ1n) is 4.69. The van der Waals surface area contributed by atoms with Crippen LogP contribution in [0.5, 0.6) is 0 Å². The Bertz CT molecular complexity index is 465. The lowest BCUT2D eigenvalue weighted by Crippen LogP contribution is -2.13. The molecule has 0 spiro atoms. The molecule has 0 saturated heterocycles. The minimum absolute atomic E-state index is 0.0198. The number of nitrogens with two attached hydrogens (primary N) is 1. The van der Waals surface area contributed by atoms with E-state index in [9.17, 15) is 4.79 Å². The molecule has 0 aliphatic heterocycles. The first-order chi connectivity index (χ1) is 8.19. The predicted octanol–water partition coefficient (Wildman–Crippen LogP) is 1.90. The number of amides is 1. The van der Waals surface area contributed by atoms with Crippen LogP contribution in [0.3, 0.4) is 0 Å². The van der Waals surface area contributed by atoms with E-state index in [2.05, 4.69) is 4.98 Å².